The average molecular weight is 387 g/mol. The fourth-order valence-corrected chi connectivity index (χ4v) is 4.01. The smallest absolute Gasteiger partial charge is 0.316 e. The molecular weight excluding hydrogens is 368 g/mol. The van der Waals surface area contributed by atoms with Crippen molar-refractivity contribution in [1.82, 2.24) is 25.3 Å². The van der Waals surface area contributed by atoms with Crippen LogP contribution in [0.5, 0.6) is 0 Å². The molecule has 1 aliphatic heterocycles. The molecule has 1 saturated carbocycles. The Morgan fingerprint density at radius 2 is 2.07 bits per heavy atom. The number of hydrogen-bond acceptors (Lipinski definition) is 6. The summed E-state index contributed by atoms with van der Waals surface area (Å²) in [6.45, 7) is 1.82. The number of nitrogens with one attached hydrogen (secondary N) is 2. The van der Waals surface area contributed by atoms with Crippen molar-refractivity contribution in [1.29, 1.82) is 0 Å². The van der Waals surface area contributed by atoms with Gasteiger partial charge in [0.25, 0.3) is 5.89 Å². The summed E-state index contributed by atoms with van der Waals surface area (Å²) in [5.74, 6) is 0.302. The van der Waals surface area contributed by atoms with Crippen LogP contribution in [0.15, 0.2) is 22.6 Å². The van der Waals surface area contributed by atoms with Crippen LogP contribution in [0.25, 0.3) is 22.5 Å². The van der Waals surface area contributed by atoms with Crippen molar-refractivity contribution in [3.63, 3.8) is 0 Å². The summed E-state index contributed by atoms with van der Waals surface area (Å²) in [5.41, 5.74) is 1.84. The van der Waals surface area contributed by atoms with Crippen molar-refractivity contribution >= 4 is 34.4 Å². The maximum atomic E-state index is 12.4. The molecule has 2 fully saturated rings. The van der Waals surface area contributed by atoms with Gasteiger partial charge in [-0.1, -0.05) is 22.8 Å². The molecule has 5 rings (SSSR count). The summed E-state index contributed by atoms with van der Waals surface area (Å²) >= 11 is 6.26. The van der Waals surface area contributed by atoms with Crippen molar-refractivity contribution in [2.45, 2.75) is 25.7 Å². The standard InChI is InChI=1S/C18H19ClN6O2/c19-11-2-1-3-12-14(11)15(22-21-12)16-23-24-17(27-16)20-10-13(26)25-8-6-18(4-5-18)7-9-25/h1-3H,4-10H2,(H,20,24)(H,21,22). The molecule has 27 heavy (non-hydrogen) atoms. The average Bonchev–Trinajstić information content (AvgIpc) is 3.10. The van der Waals surface area contributed by atoms with Gasteiger partial charge in [-0.2, -0.15) is 5.10 Å². The number of aromatic nitrogens is 4. The number of fused-ring (bicyclic) bond motifs is 1. The highest BCUT2D eigenvalue weighted by Crippen LogP contribution is 2.53. The van der Waals surface area contributed by atoms with Gasteiger partial charge in [-0.25, -0.2) is 0 Å². The van der Waals surface area contributed by atoms with E-state index in [4.69, 9.17) is 16.0 Å². The van der Waals surface area contributed by atoms with Crippen LogP contribution in [-0.2, 0) is 4.79 Å². The van der Waals surface area contributed by atoms with E-state index in [2.05, 4.69) is 25.7 Å². The van der Waals surface area contributed by atoms with Gasteiger partial charge in [0.2, 0.25) is 5.91 Å². The van der Waals surface area contributed by atoms with Gasteiger partial charge in [0, 0.05) is 13.1 Å². The van der Waals surface area contributed by atoms with E-state index in [1.54, 1.807) is 6.07 Å². The van der Waals surface area contributed by atoms with E-state index in [1.165, 1.54) is 12.8 Å². The van der Waals surface area contributed by atoms with Gasteiger partial charge in [0.1, 0.15) is 0 Å². The molecule has 1 spiro atoms. The predicted octanol–water partition coefficient (Wildman–Crippen LogP) is 3.08. The number of amides is 1. The summed E-state index contributed by atoms with van der Waals surface area (Å²) in [4.78, 5) is 14.3. The molecule has 2 aliphatic rings. The van der Waals surface area contributed by atoms with Crippen molar-refractivity contribution in [3.05, 3.63) is 23.2 Å². The molecule has 0 radical (unpaired) electrons. The van der Waals surface area contributed by atoms with Crippen molar-refractivity contribution in [3.8, 4) is 11.6 Å². The van der Waals surface area contributed by atoms with E-state index in [0.29, 0.717) is 16.1 Å². The highest BCUT2D eigenvalue weighted by molar-refractivity contribution is 6.36. The molecule has 1 saturated heterocycles. The molecule has 2 aromatic heterocycles. The van der Waals surface area contributed by atoms with Crippen molar-refractivity contribution < 1.29 is 9.21 Å². The van der Waals surface area contributed by atoms with Crippen LogP contribution >= 0.6 is 11.6 Å². The number of carbonyl (C=O) groups is 1. The number of likely N-dealkylation sites (tertiary alicyclic amines) is 1. The minimum absolute atomic E-state index is 0.0542. The first kappa shape index (κ1) is 16.6. The Morgan fingerprint density at radius 1 is 1.26 bits per heavy atom. The molecule has 8 nitrogen and oxygen atoms in total. The van der Waals surface area contributed by atoms with Crippen LogP contribution in [0, 0.1) is 5.41 Å². The quantitative estimate of drug-likeness (QED) is 0.714. The number of hydrogen-bond donors (Lipinski definition) is 2. The van der Waals surface area contributed by atoms with Crippen LogP contribution in [0.4, 0.5) is 6.01 Å². The van der Waals surface area contributed by atoms with Crippen LogP contribution in [0.3, 0.4) is 0 Å². The zero-order valence-electron chi connectivity index (χ0n) is 14.7. The number of aromatic amines is 1. The van der Waals surface area contributed by atoms with Crippen LogP contribution in [0.2, 0.25) is 5.02 Å². The third-order valence-electron chi connectivity index (χ3n) is 5.69. The molecule has 0 unspecified atom stereocenters. The number of piperidine rings is 1. The van der Waals surface area contributed by atoms with Gasteiger partial charge in [0.15, 0.2) is 5.69 Å². The predicted molar refractivity (Wildman–Crippen MR) is 100 cm³/mol. The summed E-state index contributed by atoms with van der Waals surface area (Å²) < 4.78 is 5.63. The van der Waals surface area contributed by atoms with Gasteiger partial charge < -0.3 is 14.6 Å². The largest absolute Gasteiger partial charge is 0.402 e. The second-order valence-electron chi connectivity index (χ2n) is 7.38. The number of rotatable bonds is 4. The Balaban J connectivity index is 1.25. The zero-order valence-corrected chi connectivity index (χ0v) is 15.4. The molecule has 9 heteroatoms. The van der Waals surface area contributed by atoms with Crippen molar-refractivity contribution in [2.75, 3.05) is 25.0 Å². The maximum absolute atomic E-state index is 12.4. The molecule has 3 aromatic rings. The second kappa shape index (κ2) is 6.23. The topological polar surface area (TPSA) is 99.9 Å². The van der Waals surface area contributed by atoms with E-state index in [-0.39, 0.29) is 24.4 Å². The van der Waals surface area contributed by atoms with Crippen LogP contribution < -0.4 is 5.32 Å². The van der Waals surface area contributed by atoms with Gasteiger partial charge >= 0.3 is 6.01 Å². The highest BCUT2D eigenvalue weighted by atomic mass is 35.5. The normalized spacial score (nSPS) is 18.2. The van der Waals surface area contributed by atoms with E-state index >= 15 is 0 Å². The van der Waals surface area contributed by atoms with Gasteiger partial charge in [-0.05, 0) is 43.2 Å². The summed E-state index contributed by atoms with van der Waals surface area (Å²) in [5, 5.41) is 19.3. The maximum Gasteiger partial charge on any atom is 0.316 e. The number of halogens is 1. The van der Waals surface area contributed by atoms with Crippen LogP contribution in [-0.4, -0.2) is 50.8 Å². The molecule has 140 valence electrons. The first-order valence-corrected chi connectivity index (χ1v) is 9.50. The summed E-state index contributed by atoms with van der Waals surface area (Å²) in [6, 6.07) is 5.68. The van der Waals surface area contributed by atoms with Gasteiger partial charge in [-0.15, -0.1) is 5.10 Å². The van der Waals surface area contributed by atoms with Crippen molar-refractivity contribution in [2.24, 2.45) is 5.41 Å². The molecule has 3 heterocycles. The first-order valence-electron chi connectivity index (χ1n) is 9.12. The van der Waals surface area contributed by atoms with Gasteiger partial charge in [0.05, 0.1) is 22.5 Å². The van der Waals surface area contributed by atoms with E-state index in [0.717, 1.165) is 36.8 Å². The fraction of sp³-hybridized carbons (Fsp3) is 0.444. The minimum Gasteiger partial charge on any atom is -0.402 e. The zero-order chi connectivity index (χ0) is 18.4. The minimum atomic E-state index is 0.0542. The fourth-order valence-electron chi connectivity index (χ4n) is 3.75. The van der Waals surface area contributed by atoms with E-state index in [9.17, 15) is 4.79 Å². The number of H-pyrrole nitrogens is 1. The Labute approximate surface area is 160 Å². The third-order valence-corrected chi connectivity index (χ3v) is 6.01. The molecule has 1 aromatic carbocycles. The molecule has 0 bridgehead atoms. The van der Waals surface area contributed by atoms with E-state index in [1.807, 2.05) is 17.0 Å². The molecular formula is C18H19ClN6O2. The SMILES string of the molecule is O=C(CNc1nnc(-c2n[nH]c3cccc(Cl)c23)o1)N1CCC2(CC1)CC2. The van der Waals surface area contributed by atoms with Gasteiger partial charge in [-0.3, -0.25) is 9.89 Å². The highest BCUT2D eigenvalue weighted by Gasteiger charge is 2.44. The number of nitrogens with zero attached hydrogens (tertiary/aromatic N) is 4. The number of carbonyl (C=O) groups excluding carboxylic acids is 1. The number of benzene rings is 1. The summed E-state index contributed by atoms with van der Waals surface area (Å²) in [6.07, 6.45) is 4.89. The van der Waals surface area contributed by atoms with E-state index < -0.39 is 0 Å². The molecule has 2 N–H and O–H groups in total. The molecule has 1 amide bonds. The Hall–Kier alpha value is -2.61. The monoisotopic (exact) mass is 386 g/mol. The lowest BCUT2D eigenvalue weighted by Crippen LogP contribution is -2.41. The Morgan fingerprint density at radius 3 is 2.85 bits per heavy atom. The first-order chi connectivity index (χ1) is 13.1. The summed E-state index contributed by atoms with van der Waals surface area (Å²) in [7, 11) is 0. The Kier molecular flexibility index (Phi) is 3.82. The lowest BCUT2D eigenvalue weighted by Gasteiger charge is -2.32. The Bertz CT molecular complexity index is 998. The van der Waals surface area contributed by atoms with Crippen LogP contribution in [0.1, 0.15) is 25.7 Å². The lowest BCUT2D eigenvalue weighted by molar-refractivity contribution is -0.130. The molecule has 1 aliphatic carbocycles. The lowest BCUT2D eigenvalue weighted by atomic mass is 9.94. The number of anilines is 1. The third kappa shape index (κ3) is 3.03. The second-order valence-corrected chi connectivity index (χ2v) is 7.79. The molecule has 0 atom stereocenters.